The van der Waals surface area contributed by atoms with Crippen LogP contribution in [0.3, 0.4) is 0 Å². The van der Waals surface area contributed by atoms with E-state index in [1.165, 1.54) is 12.1 Å². The summed E-state index contributed by atoms with van der Waals surface area (Å²) in [5.74, 6) is -0.965. The summed E-state index contributed by atoms with van der Waals surface area (Å²) >= 11 is 3.05. The SMILES string of the molecule is C=C(C)COc1c(O)cc(Br)cc1F. The molecule has 4 heteroatoms. The minimum absolute atomic E-state index is 0.142. The van der Waals surface area contributed by atoms with E-state index in [-0.39, 0.29) is 18.1 Å². The van der Waals surface area contributed by atoms with Gasteiger partial charge in [0, 0.05) is 4.47 Å². The predicted molar refractivity (Wildman–Crippen MR) is 56.1 cm³/mol. The van der Waals surface area contributed by atoms with Crippen molar-refractivity contribution < 1.29 is 14.2 Å². The Morgan fingerprint density at radius 1 is 1.64 bits per heavy atom. The Morgan fingerprint density at radius 2 is 2.29 bits per heavy atom. The van der Waals surface area contributed by atoms with Gasteiger partial charge in [0.1, 0.15) is 6.61 Å². The Labute approximate surface area is 90.1 Å². The Hall–Kier alpha value is -1.03. The average molecular weight is 261 g/mol. The van der Waals surface area contributed by atoms with Gasteiger partial charge in [0.15, 0.2) is 17.3 Å². The van der Waals surface area contributed by atoms with Crippen LogP contribution in [0.1, 0.15) is 6.92 Å². The number of aromatic hydroxyl groups is 1. The maximum absolute atomic E-state index is 13.2. The fourth-order valence-electron chi connectivity index (χ4n) is 0.885. The van der Waals surface area contributed by atoms with E-state index in [1.807, 2.05) is 0 Å². The maximum Gasteiger partial charge on any atom is 0.197 e. The Kier molecular flexibility index (Phi) is 3.52. The Morgan fingerprint density at radius 3 is 2.79 bits per heavy atom. The van der Waals surface area contributed by atoms with Crippen molar-refractivity contribution in [2.75, 3.05) is 6.61 Å². The van der Waals surface area contributed by atoms with Crippen LogP contribution >= 0.6 is 15.9 Å². The highest BCUT2D eigenvalue weighted by atomic mass is 79.9. The van der Waals surface area contributed by atoms with E-state index in [2.05, 4.69) is 22.5 Å². The lowest BCUT2D eigenvalue weighted by atomic mass is 10.3. The zero-order valence-corrected chi connectivity index (χ0v) is 9.27. The molecule has 1 aromatic carbocycles. The predicted octanol–water partition coefficient (Wildman–Crippen LogP) is 3.25. The molecule has 0 bridgehead atoms. The van der Waals surface area contributed by atoms with Crippen molar-refractivity contribution in [1.82, 2.24) is 0 Å². The molecule has 76 valence electrons. The first kappa shape index (κ1) is 11.0. The first-order chi connectivity index (χ1) is 6.50. The number of hydrogen-bond donors (Lipinski definition) is 1. The van der Waals surface area contributed by atoms with Crippen molar-refractivity contribution in [3.05, 3.63) is 34.6 Å². The zero-order valence-electron chi connectivity index (χ0n) is 7.68. The molecule has 0 heterocycles. The molecule has 0 aliphatic rings. The number of rotatable bonds is 3. The van der Waals surface area contributed by atoms with Crippen LogP contribution in [-0.4, -0.2) is 11.7 Å². The van der Waals surface area contributed by atoms with Gasteiger partial charge >= 0.3 is 0 Å². The van der Waals surface area contributed by atoms with E-state index in [1.54, 1.807) is 6.92 Å². The molecule has 0 fully saturated rings. The first-order valence-corrected chi connectivity index (χ1v) is 4.75. The summed E-state index contributed by atoms with van der Waals surface area (Å²) < 4.78 is 18.7. The number of benzene rings is 1. The van der Waals surface area contributed by atoms with E-state index >= 15 is 0 Å². The molecule has 1 N–H and O–H groups in total. The summed E-state index contributed by atoms with van der Waals surface area (Å²) in [6, 6.07) is 2.60. The molecular weight excluding hydrogens is 251 g/mol. The first-order valence-electron chi connectivity index (χ1n) is 3.96. The highest BCUT2D eigenvalue weighted by Crippen LogP contribution is 2.32. The molecule has 1 aromatic rings. The van der Waals surface area contributed by atoms with Crippen molar-refractivity contribution in [1.29, 1.82) is 0 Å². The van der Waals surface area contributed by atoms with Crippen LogP contribution in [0, 0.1) is 5.82 Å². The third-order valence-electron chi connectivity index (χ3n) is 1.45. The second-order valence-electron chi connectivity index (χ2n) is 2.98. The number of ether oxygens (including phenoxy) is 1. The van der Waals surface area contributed by atoms with Crippen molar-refractivity contribution in [2.45, 2.75) is 6.92 Å². The molecule has 14 heavy (non-hydrogen) atoms. The summed E-state index contributed by atoms with van der Waals surface area (Å²) in [7, 11) is 0. The lowest BCUT2D eigenvalue weighted by molar-refractivity contribution is 0.309. The van der Waals surface area contributed by atoms with Crippen molar-refractivity contribution in [3.63, 3.8) is 0 Å². The minimum atomic E-state index is -0.599. The normalized spacial score (nSPS) is 9.93. The molecule has 0 aliphatic heterocycles. The number of phenolic OH excluding ortho intramolecular Hbond substituents is 1. The molecule has 0 atom stereocenters. The lowest BCUT2D eigenvalue weighted by Crippen LogP contribution is -1.99. The molecule has 0 unspecified atom stereocenters. The van der Waals surface area contributed by atoms with E-state index in [9.17, 15) is 9.50 Å². The molecule has 0 saturated carbocycles. The van der Waals surface area contributed by atoms with Crippen LogP contribution in [-0.2, 0) is 0 Å². The van der Waals surface area contributed by atoms with Gasteiger partial charge in [-0.15, -0.1) is 0 Å². The minimum Gasteiger partial charge on any atom is -0.504 e. The van der Waals surface area contributed by atoms with Crippen molar-refractivity contribution in [2.24, 2.45) is 0 Å². The van der Waals surface area contributed by atoms with Crippen LogP contribution in [0.5, 0.6) is 11.5 Å². The fraction of sp³-hybridized carbons (Fsp3) is 0.200. The second-order valence-corrected chi connectivity index (χ2v) is 3.90. The smallest absolute Gasteiger partial charge is 0.197 e. The van der Waals surface area contributed by atoms with Gasteiger partial charge in [-0.1, -0.05) is 22.5 Å². The highest BCUT2D eigenvalue weighted by molar-refractivity contribution is 9.10. The Balaban J connectivity index is 2.91. The zero-order chi connectivity index (χ0) is 10.7. The summed E-state index contributed by atoms with van der Waals surface area (Å²) in [5, 5.41) is 9.36. The fourth-order valence-corrected chi connectivity index (χ4v) is 1.30. The molecular formula is C10H10BrFO2. The van der Waals surface area contributed by atoms with Crippen molar-refractivity contribution in [3.8, 4) is 11.5 Å². The van der Waals surface area contributed by atoms with Gasteiger partial charge < -0.3 is 9.84 Å². The third kappa shape index (κ3) is 2.73. The topological polar surface area (TPSA) is 29.5 Å². The van der Waals surface area contributed by atoms with Gasteiger partial charge in [0.25, 0.3) is 0 Å². The molecule has 0 aromatic heterocycles. The second kappa shape index (κ2) is 4.46. The van der Waals surface area contributed by atoms with Gasteiger partial charge in [-0.3, -0.25) is 0 Å². The van der Waals surface area contributed by atoms with Gasteiger partial charge in [0.05, 0.1) is 0 Å². The third-order valence-corrected chi connectivity index (χ3v) is 1.91. The molecule has 0 spiro atoms. The molecule has 2 nitrogen and oxygen atoms in total. The van der Waals surface area contributed by atoms with Crippen LogP contribution in [0.15, 0.2) is 28.8 Å². The van der Waals surface area contributed by atoms with Gasteiger partial charge in [-0.2, -0.15) is 0 Å². The largest absolute Gasteiger partial charge is 0.504 e. The number of halogens is 2. The summed E-state index contributed by atoms with van der Waals surface area (Å²) in [6.07, 6.45) is 0. The number of hydrogen-bond acceptors (Lipinski definition) is 2. The van der Waals surface area contributed by atoms with E-state index in [0.29, 0.717) is 4.47 Å². The summed E-state index contributed by atoms with van der Waals surface area (Å²) in [6.45, 7) is 5.55. The van der Waals surface area contributed by atoms with Crippen LogP contribution in [0.4, 0.5) is 4.39 Å². The van der Waals surface area contributed by atoms with E-state index in [4.69, 9.17) is 4.74 Å². The van der Waals surface area contributed by atoms with Crippen LogP contribution in [0.2, 0.25) is 0 Å². The molecule has 0 amide bonds. The van der Waals surface area contributed by atoms with Gasteiger partial charge in [-0.05, 0) is 24.6 Å². The monoisotopic (exact) mass is 260 g/mol. The molecule has 0 aliphatic carbocycles. The van der Waals surface area contributed by atoms with Crippen molar-refractivity contribution >= 4 is 15.9 Å². The highest BCUT2D eigenvalue weighted by Gasteiger charge is 2.10. The lowest BCUT2D eigenvalue weighted by Gasteiger charge is -2.08. The van der Waals surface area contributed by atoms with Crippen LogP contribution < -0.4 is 4.74 Å². The van der Waals surface area contributed by atoms with Gasteiger partial charge in [0.2, 0.25) is 0 Å². The molecule has 0 saturated heterocycles. The average Bonchev–Trinajstić information content (AvgIpc) is 2.01. The number of phenols is 1. The van der Waals surface area contributed by atoms with Gasteiger partial charge in [-0.25, -0.2) is 4.39 Å². The maximum atomic E-state index is 13.2. The quantitative estimate of drug-likeness (QED) is 0.846. The summed E-state index contributed by atoms with van der Waals surface area (Å²) in [4.78, 5) is 0. The summed E-state index contributed by atoms with van der Waals surface area (Å²) in [5.41, 5.74) is 0.756. The molecule has 0 radical (unpaired) electrons. The Bertz CT molecular complexity index is 340. The molecule has 1 rings (SSSR count). The van der Waals surface area contributed by atoms with E-state index < -0.39 is 5.82 Å². The van der Waals surface area contributed by atoms with Crippen LogP contribution in [0.25, 0.3) is 0 Å². The standard InChI is InChI=1S/C10H10BrFO2/c1-6(2)5-14-10-8(12)3-7(11)4-9(10)13/h3-4,13H,1,5H2,2H3. The van der Waals surface area contributed by atoms with E-state index in [0.717, 1.165) is 5.57 Å².